The van der Waals surface area contributed by atoms with Crippen molar-refractivity contribution in [1.82, 2.24) is 0 Å². The molecule has 0 aromatic heterocycles. The SMILES string of the molecule is Cc1ccc(Br)c(N(C(N)=O)[C@H]2COC(C)(C)O[C@@H]2c2ccccc2)c1. The number of urea groups is 1. The predicted octanol–water partition coefficient (Wildman–Crippen LogP) is 4.54. The second-order valence-electron chi connectivity index (χ2n) is 6.89. The van der Waals surface area contributed by atoms with Gasteiger partial charge in [-0.2, -0.15) is 0 Å². The molecule has 5 nitrogen and oxygen atoms in total. The lowest BCUT2D eigenvalue weighted by Gasteiger charge is -2.45. The Labute approximate surface area is 162 Å². The molecule has 2 aromatic carbocycles. The van der Waals surface area contributed by atoms with E-state index in [0.717, 1.165) is 15.6 Å². The summed E-state index contributed by atoms with van der Waals surface area (Å²) in [6.07, 6.45) is -0.361. The van der Waals surface area contributed by atoms with Crippen LogP contribution in [0.25, 0.3) is 0 Å². The van der Waals surface area contributed by atoms with Crippen LogP contribution in [0, 0.1) is 6.92 Å². The van der Waals surface area contributed by atoms with E-state index in [1.807, 2.05) is 69.3 Å². The van der Waals surface area contributed by atoms with Gasteiger partial charge < -0.3 is 15.2 Å². The van der Waals surface area contributed by atoms with Crippen LogP contribution in [0.3, 0.4) is 0 Å². The van der Waals surface area contributed by atoms with Crippen molar-refractivity contribution in [2.45, 2.75) is 38.7 Å². The Balaban J connectivity index is 2.06. The summed E-state index contributed by atoms with van der Waals surface area (Å²) >= 11 is 3.53. The summed E-state index contributed by atoms with van der Waals surface area (Å²) in [4.78, 5) is 14.0. The number of halogens is 1. The zero-order valence-corrected chi connectivity index (χ0v) is 16.7. The van der Waals surface area contributed by atoms with Gasteiger partial charge in [0.25, 0.3) is 0 Å². The number of carbonyl (C=O) groups is 1. The summed E-state index contributed by atoms with van der Waals surface area (Å²) < 4.78 is 12.9. The average molecular weight is 419 g/mol. The first-order chi connectivity index (χ1) is 12.3. The first-order valence-electron chi connectivity index (χ1n) is 8.50. The van der Waals surface area contributed by atoms with Crippen molar-refractivity contribution in [3.63, 3.8) is 0 Å². The molecule has 0 saturated carbocycles. The van der Waals surface area contributed by atoms with Crippen molar-refractivity contribution < 1.29 is 14.3 Å². The van der Waals surface area contributed by atoms with Crippen LogP contribution in [0.5, 0.6) is 0 Å². The molecule has 1 heterocycles. The maximum absolute atomic E-state index is 12.4. The van der Waals surface area contributed by atoms with Gasteiger partial charge in [0, 0.05) is 4.47 Å². The molecule has 1 aliphatic rings. The summed E-state index contributed by atoms with van der Waals surface area (Å²) in [5, 5.41) is 0. The Morgan fingerprint density at radius 2 is 1.92 bits per heavy atom. The highest BCUT2D eigenvalue weighted by Crippen LogP contribution is 2.39. The molecule has 0 spiro atoms. The molecular formula is C20H23BrN2O3. The normalized spacial score (nSPS) is 22.0. The van der Waals surface area contributed by atoms with E-state index in [4.69, 9.17) is 15.2 Å². The molecule has 3 rings (SSSR count). The molecule has 0 bridgehead atoms. The Morgan fingerprint density at radius 1 is 1.23 bits per heavy atom. The van der Waals surface area contributed by atoms with Crippen LogP contribution in [-0.2, 0) is 9.47 Å². The van der Waals surface area contributed by atoms with Crippen molar-refractivity contribution in [1.29, 1.82) is 0 Å². The molecule has 1 aliphatic heterocycles. The van der Waals surface area contributed by atoms with Crippen molar-refractivity contribution in [2.24, 2.45) is 5.73 Å². The number of hydrogen-bond acceptors (Lipinski definition) is 3. The fourth-order valence-electron chi connectivity index (χ4n) is 3.20. The molecule has 1 saturated heterocycles. The van der Waals surface area contributed by atoms with Gasteiger partial charge in [0.15, 0.2) is 5.79 Å². The van der Waals surface area contributed by atoms with Crippen molar-refractivity contribution in [3.8, 4) is 0 Å². The molecule has 2 aromatic rings. The highest BCUT2D eigenvalue weighted by Gasteiger charge is 2.42. The fraction of sp³-hybridized carbons (Fsp3) is 0.350. The van der Waals surface area contributed by atoms with Crippen LogP contribution < -0.4 is 10.6 Å². The van der Waals surface area contributed by atoms with Gasteiger partial charge in [0.05, 0.1) is 18.3 Å². The third-order valence-electron chi connectivity index (χ3n) is 4.42. The molecule has 0 unspecified atom stereocenters. The number of carbonyl (C=O) groups excluding carboxylic acids is 1. The minimum absolute atomic E-state index is 0.315. The van der Waals surface area contributed by atoms with Crippen LogP contribution >= 0.6 is 15.9 Å². The Bertz CT molecular complexity index is 795. The summed E-state index contributed by atoms with van der Waals surface area (Å²) in [6, 6.07) is 14.7. The van der Waals surface area contributed by atoms with Gasteiger partial charge in [-0.1, -0.05) is 36.4 Å². The van der Waals surface area contributed by atoms with Gasteiger partial charge in [-0.25, -0.2) is 4.79 Å². The molecule has 0 radical (unpaired) electrons. The van der Waals surface area contributed by atoms with Crippen LogP contribution in [-0.4, -0.2) is 24.5 Å². The van der Waals surface area contributed by atoms with Crippen LogP contribution in [0.1, 0.15) is 31.1 Å². The van der Waals surface area contributed by atoms with E-state index < -0.39 is 11.8 Å². The summed E-state index contributed by atoms with van der Waals surface area (Å²) in [5.74, 6) is -0.746. The van der Waals surface area contributed by atoms with Crippen molar-refractivity contribution in [2.75, 3.05) is 11.5 Å². The number of nitrogens with two attached hydrogens (primary N) is 1. The van der Waals surface area contributed by atoms with Gasteiger partial charge in [0.2, 0.25) is 0 Å². The number of hydrogen-bond donors (Lipinski definition) is 1. The number of rotatable bonds is 3. The molecule has 26 heavy (non-hydrogen) atoms. The number of aryl methyl sites for hydroxylation is 1. The van der Waals surface area contributed by atoms with E-state index in [-0.39, 0.29) is 12.1 Å². The monoisotopic (exact) mass is 418 g/mol. The second-order valence-corrected chi connectivity index (χ2v) is 7.74. The average Bonchev–Trinajstić information content (AvgIpc) is 2.59. The Hall–Kier alpha value is -1.89. The number of anilines is 1. The van der Waals surface area contributed by atoms with Crippen molar-refractivity contribution in [3.05, 3.63) is 64.1 Å². The first-order valence-corrected chi connectivity index (χ1v) is 9.29. The minimum atomic E-state index is -0.746. The molecule has 0 aliphatic carbocycles. The van der Waals surface area contributed by atoms with Gasteiger partial charge in [0.1, 0.15) is 6.10 Å². The van der Waals surface area contributed by atoms with Gasteiger partial charge >= 0.3 is 6.03 Å². The standard InChI is InChI=1S/C20H23BrN2O3/c1-13-9-10-15(21)16(11-13)23(19(22)24)17-12-25-20(2,3)26-18(17)14-7-5-4-6-8-14/h4-11,17-18H,12H2,1-3H3,(H2,22,24)/t17-,18+/m0/s1. The van der Waals surface area contributed by atoms with Gasteiger partial charge in [-0.05, 0) is 60.0 Å². The van der Waals surface area contributed by atoms with Crippen molar-refractivity contribution >= 4 is 27.6 Å². The molecule has 1 fully saturated rings. The summed E-state index contributed by atoms with van der Waals surface area (Å²) in [5.41, 5.74) is 8.49. The lowest BCUT2D eigenvalue weighted by molar-refractivity contribution is -0.281. The molecular weight excluding hydrogens is 396 g/mol. The number of nitrogens with zero attached hydrogens (tertiary/aromatic N) is 1. The van der Waals surface area contributed by atoms with Gasteiger partial charge in [-0.15, -0.1) is 0 Å². The molecule has 138 valence electrons. The van der Waals surface area contributed by atoms with Crippen LogP contribution in [0.4, 0.5) is 10.5 Å². The van der Waals surface area contributed by atoms with E-state index in [1.165, 1.54) is 0 Å². The van der Waals surface area contributed by atoms with Crippen LogP contribution in [0.2, 0.25) is 0 Å². The highest BCUT2D eigenvalue weighted by molar-refractivity contribution is 9.10. The smallest absolute Gasteiger partial charge is 0.319 e. The number of benzene rings is 2. The number of amides is 2. The fourth-order valence-corrected chi connectivity index (χ4v) is 3.64. The molecule has 6 heteroatoms. The zero-order valence-electron chi connectivity index (χ0n) is 15.1. The molecule has 2 amide bonds. The lowest BCUT2D eigenvalue weighted by Crippen LogP contribution is -2.55. The Morgan fingerprint density at radius 3 is 2.58 bits per heavy atom. The summed E-state index contributed by atoms with van der Waals surface area (Å²) in [7, 11) is 0. The third kappa shape index (κ3) is 3.92. The van der Waals surface area contributed by atoms with Crippen LogP contribution in [0.15, 0.2) is 53.0 Å². The molecule has 2 N–H and O–H groups in total. The number of primary amides is 1. The quantitative estimate of drug-likeness (QED) is 0.795. The maximum atomic E-state index is 12.4. The van der Waals surface area contributed by atoms with E-state index in [9.17, 15) is 4.79 Å². The topological polar surface area (TPSA) is 64.8 Å². The largest absolute Gasteiger partial charge is 0.351 e. The number of ether oxygens (including phenoxy) is 2. The zero-order chi connectivity index (χ0) is 18.9. The van der Waals surface area contributed by atoms with E-state index in [2.05, 4.69) is 15.9 Å². The first kappa shape index (κ1) is 18.9. The lowest BCUT2D eigenvalue weighted by atomic mass is 9.98. The summed E-state index contributed by atoms with van der Waals surface area (Å²) in [6.45, 7) is 6.03. The maximum Gasteiger partial charge on any atom is 0.319 e. The minimum Gasteiger partial charge on any atom is -0.351 e. The Kier molecular flexibility index (Phi) is 5.37. The van der Waals surface area contributed by atoms with Gasteiger partial charge in [-0.3, -0.25) is 4.90 Å². The van der Waals surface area contributed by atoms with E-state index >= 15 is 0 Å². The third-order valence-corrected chi connectivity index (χ3v) is 5.09. The molecule has 2 atom stereocenters. The second kappa shape index (κ2) is 7.39. The van der Waals surface area contributed by atoms with E-state index in [0.29, 0.717) is 12.3 Å². The highest BCUT2D eigenvalue weighted by atomic mass is 79.9. The predicted molar refractivity (Wildman–Crippen MR) is 105 cm³/mol. The van der Waals surface area contributed by atoms with E-state index in [1.54, 1.807) is 4.90 Å².